The topological polar surface area (TPSA) is 134 Å². The number of rotatable bonds is 8. The van der Waals surface area contributed by atoms with Crippen LogP contribution in [0.15, 0.2) is 54.6 Å². The Bertz CT molecular complexity index is 1080. The number of carboxylic acid groups (broad SMARTS) is 1. The molecule has 0 spiro atoms. The fourth-order valence-electron chi connectivity index (χ4n) is 5.54. The molecule has 204 valence electrons. The van der Waals surface area contributed by atoms with E-state index in [4.69, 9.17) is 5.21 Å². The second-order valence-electron chi connectivity index (χ2n) is 9.96. The van der Waals surface area contributed by atoms with Gasteiger partial charge in [0.2, 0.25) is 0 Å². The van der Waals surface area contributed by atoms with Gasteiger partial charge in [0.05, 0.1) is 6.04 Å². The molecule has 2 fully saturated rings. The van der Waals surface area contributed by atoms with E-state index in [1.54, 1.807) is 24.3 Å². The highest BCUT2D eigenvalue weighted by molar-refractivity contribution is 5.94. The van der Waals surface area contributed by atoms with E-state index < -0.39 is 24.1 Å². The van der Waals surface area contributed by atoms with E-state index in [9.17, 15) is 24.6 Å². The molecule has 1 saturated heterocycles. The summed E-state index contributed by atoms with van der Waals surface area (Å²) < 4.78 is 0. The number of carbonyl (C=O) groups is 3. The van der Waals surface area contributed by atoms with Crippen LogP contribution in [0.2, 0.25) is 0 Å². The molecule has 10 nitrogen and oxygen atoms in total. The van der Waals surface area contributed by atoms with Gasteiger partial charge in [-0.2, -0.15) is 0 Å². The number of benzene rings is 2. The molecule has 4 N–H and O–H groups in total. The van der Waals surface area contributed by atoms with Crippen molar-refractivity contribution in [3.05, 3.63) is 65.7 Å². The highest BCUT2D eigenvalue weighted by Crippen LogP contribution is 2.34. The number of piperazine rings is 1. The van der Waals surface area contributed by atoms with E-state index in [2.05, 4.69) is 17.0 Å². The zero-order valence-corrected chi connectivity index (χ0v) is 21.4. The molecule has 0 bridgehead atoms. The number of nitrogens with one attached hydrogen (secondary N) is 1. The lowest BCUT2D eigenvalue weighted by Gasteiger charge is -2.39. The number of hydroxylamine groups is 1. The normalized spacial score (nSPS) is 17.9. The van der Waals surface area contributed by atoms with Gasteiger partial charge in [-0.15, -0.1) is 0 Å². The van der Waals surface area contributed by atoms with Gasteiger partial charge in [0.25, 0.3) is 11.8 Å². The molecule has 3 amide bonds. The molecule has 1 saturated carbocycles. The number of amides is 3. The lowest BCUT2D eigenvalue weighted by atomic mass is 9.90. The highest BCUT2D eigenvalue weighted by Gasteiger charge is 2.35. The minimum Gasteiger partial charge on any atom is -0.465 e. The van der Waals surface area contributed by atoms with Crippen LogP contribution in [0, 0.1) is 0 Å². The number of aliphatic hydroxyl groups excluding tert-OH is 1. The van der Waals surface area contributed by atoms with Gasteiger partial charge in [-0.3, -0.25) is 19.7 Å². The first-order valence-electron chi connectivity index (χ1n) is 13.2. The fourth-order valence-corrected chi connectivity index (χ4v) is 5.54. The van der Waals surface area contributed by atoms with E-state index in [1.807, 2.05) is 23.1 Å². The van der Waals surface area contributed by atoms with Crippen molar-refractivity contribution in [2.75, 3.05) is 31.1 Å². The Balaban J connectivity index is 1.49. The van der Waals surface area contributed by atoms with E-state index >= 15 is 0 Å². The predicted octanol–water partition coefficient (Wildman–Crippen LogP) is 3.26. The Hall–Kier alpha value is -3.63. The second kappa shape index (κ2) is 12.7. The first kappa shape index (κ1) is 27.4. The fraction of sp³-hybridized carbons (Fsp3) is 0.464. The van der Waals surface area contributed by atoms with Gasteiger partial charge in [-0.25, -0.2) is 10.3 Å². The average Bonchev–Trinajstić information content (AvgIpc) is 2.97. The van der Waals surface area contributed by atoms with Gasteiger partial charge in [-0.05, 0) is 42.7 Å². The lowest BCUT2D eigenvalue weighted by Crippen LogP contribution is -2.48. The summed E-state index contributed by atoms with van der Waals surface area (Å²) in [4.78, 5) is 42.8. The molecule has 1 aliphatic heterocycles. The molecule has 38 heavy (non-hydrogen) atoms. The third-order valence-electron chi connectivity index (χ3n) is 7.61. The summed E-state index contributed by atoms with van der Waals surface area (Å²) in [6.45, 7) is 2.65. The molecule has 2 aromatic carbocycles. The van der Waals surface area contributed by atoms with Crippen LogP contribution >= 0.6 is 0 Å². The molecule has 4 rings (SSSR count). The van der Waals surface area contributed by atoms with Gasteiger partial charge in [0.1, 0.15) is 6.10 Å². The number of anilines is 1. The SMILES string of the molecule is O=C(NO)[C@@H](O)C[C@H](c1ccc(C(=O)N2CCN(c3ccccc3)CC2)cc1)N(C(=O)O)C1CCCCC1. The lowest BCUT2D eigenvalue weighted by molar-refractivity contribution is -0.139. The van der Waals surface area contributed by atoms with E-state index in [0.29, 0.717) is 37.1 Å². The summed E-state index contributed by atoms with van der Waals surface area (Å²) in [7, 11) is 0. The van der Waals surface area contributed by atoms with Crippen molar-refractivity contribution in [2.24, 2.45) is 0 Å². The molecule has 0 aromatic heterocycles. The van der Waals surface area contributed by atoms with Crippen molar-refractivity contribution in [3.63, 3.8) is 0 Å². The molecule has 1 heterocycles. The monoisotopic (exact) mass is 524 g/mol. The van der Waals surface area contributed by atoms with Crippen molar-refractivity contribution >= 4 is 23.6 Å². The molecule has 2 aromatic rings. The minimum atomic E-state index is -1.60. The number of carbonyl (C=O) groups excluding carboxylic acids is 2. The summed E-state index contributed by atoms with van der Waals surface area (Å²) in [6.07, 6.45) is 1.32. The number of hydrogen-bond donors (Lipinski definition) is 4. The van der Waals surface area contributed by atoms with Crippen LogP contribution in [0.5, 0.6) is 0 Å². The third kappa shape index (κ3) is 6.43. The van der Waals surface area contributed by atoms with Gasteiger partial charge in [0, 0.05) is 49.9 Å². The van der Waals surface area contributed by atoms with E-state index in [1.165, 1.54) is 10.4 Å². The Kier molecular flexibility index (Phi) is 9.19. The smallest absolute Gasteiger partial charge is 0.408 e. The molecular formula is C28H36N4O6. The largest absolute Gasteiger partial charge is 0.465 e. The van der Waals surface area contributed by atoms with Crippen LogP contribution in [0.25, 0.3) is 0 Å². The molecule has 0 radical (unpaired) electrons. The van der Waals surface area contributed by atoms with Gasteiger partial charge < -0.3 is 20.0 Å². The van der Waals surface area contributed by atoms with Gasteiger partial charge in [-0.1, -0.05) is 49.6 Å². The second-order valence-corrected chi connectivity index (χ2v) is 9.96. The van der Waals surface area contributed by atoms with E-state index in [0.717, 1.165) is 38.0 Å². The van der Waals surface area contributed by atoms with Gasteiger partial charge in [0.15, 0.2) is 0 Å². The first-order valence-corrected chi connectivity index (χ1v) is 13.2. The predicted molar refractivity (Wildman–Crippen MR) is 141 cm³/mol. The maximum Gasteiger partial charge on any atom is 0.408 e. The molecule has 0 unspecified atom stereocenters. The van der Waals surface area contributed by atoms with Crippen LogP contribution in [-0.2, 0) is 4.79 Å². The molecule has 2 atom stereocenters. The Labute approximate surface area is 222 Å². The zero-order valence-electron chi connectivity index (χ0n) is 21.4. The molecule has 10 heteroatoms. The maximum atomic E-state index is 13.2. The van der Waals surface area contributed by atoms with Crippen LogP contribution < -0.4 is 10.4 Å². The summed E-state index contributed by atoms with van der Waals surface area (Å²) in [5.74, 6) is -1.09. The van der Waals surface area contributed by atoms with Crippen molar-refractivity contribution < 1.29 is 29.8 Å². The van der Waals surface area contributed by atoms with E-state index in [-0.39, 0.29) is 18.4 Å². The number of hydrogen-bond acceptors (Lipinski definition) is 6. The maximum absolute atomic E-state index is 13.2. The Morgan fingerprint density at radius 2 is 1.55 bits per heavy atom. The van der Waals surface area contributed by atoms with Crippen molar-refractivity contribution in [3.8, 4) is 0 Å². The van der Waals surface area contributed by atoms with Crippen LogP contribution in [0.4, 0.5) is 10.5 Å². The van der Waals surface area contributed by atoms with Crippen LogP contribution in [0.1, 0.15) is 60.5 Å². The first-order chi connectivity index (χ1) is 18.4. The standard InChI is InChI=1S/C28H36N4O6/c33-25(26(34)29-38)19-24(32(28(36)37)23-9-5-2-6-10-23)20-11-13-21(14-12-20)27(35)31-17-15-30(16-18-31)22-7-3-1-4-8-22/h1,3-4,7-8,11-14,23-25,33,38H,2,5-6,9-10,15-19H2,(H,29,34)(H,36,37)/t24-,25+/m1/s1. The van der Waals surface area contributed by atoms with Crippen molar-refractivity contribution in [1.82, 2.24) is 15.3 Å². The average molecular weight is 525 g/mol. The summed E-state index contributed by atoms with van der Waals surface area (Å²) in [5, 5.41) is 29.4. The molecular weight excluding hydrogens is 488 g/mol. The Morgan fingerprint density at radius 3 is 2.13 bits per heavy atom. The highest BCUT2D eigenvalue weighted by atomic mass is 16.5. The molecule has 2 aliphatic rings. The van der Waals surface area contributed by atoms with Crippen molar-refractivity contribution in [1.29, 1.82) is 0 Å². The summed E-state index contributed by atoms with van der Waals surface area (Å²) in [6, 6.07) is 15.8. The van der Waals surface area contributed by atoms with Crippen LogP contribution in [0.3, 0.4) is 0 Å². The number of aliphatic hydroxyl groups is 1. The summed E-state index contributed by atoms with van der Waals surface area (Å²) in [5.41, 5.74) is 3.64. The molecule has 1 aliphatic carbocycles. The number of para-hydroxylation sites is 1. The number of nitrogens with zero attached hydrogens (tertiary/aromatic N) is 3. The van der Waals surface area contributed by atoms with Crippen molar-refractivity contribution in [2.45, 2.75) is 56.7 Å². The van der Waals surface area contributed by atoms with Gasteiger partial charge >= 0.3 is 6.09 Å². The third-order valence-corrected chi connectivity index (χ3v) is 7.61. The zero-order chi connectivity index (χ0) is 27.1. The Morgan fingerprint density at radius 1 is 0.921 bits per heavy atom. The van der Waals surface area contributed by atoms with Crippen LogP contribution in [-0.4, -0.2) is 81.5 Å². The summed E-state index contributed by atoms with van der Waals surface area (Å²) >= 11 is 0. The quantitative estimate of drug-likeness (QED) is 0.308. The minimum absolute atomic E-state index is 0.0946.